The van der Waals surface area contributed by atoms with Crippen molar-refractivity contribution in [2.75, 3.05) is 13.6 Å². The van der Waals surface area contributed by atoms with E-state index in [1.807, 2.05) is 6.07 Å². The van der Waals surface area contributed by atoms with Gasteiger partial charge in [0, 0.05) is 17.6 Å². The highest BCUT2D eigenvalue weighted by Gasteiger charge is 2.06. The predicted octanol–water partition coefficient (Wildman–Crippen LogP) is 4.10. The van der Waals surface area contributed by atoms with Crippen LogP contribution in [0, 0.1) is 11.7 Å². The van der Waals surface area contributed by atoms with Gasteiger partial charge in [-0.3, -0.25) is 0 Å². The first-order valence-electron chi connectivity index (χ1n) is 5.11. The SMILES string of the molecule is CC(C)CN(C)Cc1ccc(F)cc1Br.Cl. The van der Waals surface area contributed by atoms with Crippen LogP contribution in [-0.4, -0.2) is 18.5 Å². The lowest BCUT2D eigenvalue weighted by Gasteiger charge is -2.19. The van der Waals surface area contributed by atoms with Crippen molar-refractivity contribution in [2.45, 2.75) is 20.4 Å². The Morgan fingerprint density at radius 1 is 1.38 bits per heavy atom. The van der Waals surface area contributed by atoms with E-state index in [1.54, 1.807) is 0 Å². The maximum absolute atomic E-state index is 12.9. The van der Waals surface area contributed by atoms with Crippen LogP contribution in [0.5, 0.6) is 0 Å². The molecule has 4 heteroatoms. The smallest absolute Gasteiger partial charge is 0.124 e. The first kappa shape index (κ1) is 15.9. The van der Waals surface area contributed by atoms with Crippen LogP contribution in [-0.2, 0) is 6.54 Å². The molecule has 0 heterocycles. The lowest BCUT2D eigenvalue weighted by Crippen LogP contribution is -2.22. The van der Waals surface area contributed by atoms with Crippen molar-refractivity contribution in [3.63, 3.8) is 0 Å². The monoisotopic (exact) mass is 309 g/mol. The van der Waals surface area contributed by atoms with Crippen LogP contribution >= 0.6 is 28.3 Å². The Kier molecular flexibility index (Phi) is 7.20. The van der Waals surface area contributed by atoms with Crippen LogP contribution in [0.2, 0.25) is 0 Å². The molecule has 92 valence electrons. The van der Waals surface area contributed by atoms with E-state index in [4.69, 9.17) is 0 Å². The molecular weight excluding hydrogens is 292 g/mol. The Balaban J connectivity index is 0.00000225. The van der Waals surface area contributed by atoms with Gasteiger partial charge in [0.25, 0.3) is 0 Å². The van der Waals surface area contributed by atoms with Gasteiger partial charge >= 0.3 is 0 Å². The summed E-state index contributed by atoms with van der Waals surface area (Å²) in [6.07, 6.45) is 0. The second-order valence-corrected chi connectivity index (χ2v) is 5.18. The molecule has 0 aliphatic rings. The first-order valence-corrected chi connectivity index (χ1v) is 5.91. The summed E-state index contributed by atoms with van der Waals surface area (Å²) in [5.41, 5.74) is 1.12. The van der Waals surface area contributed by atoms with E-state index in [0.29, 0.717) is 5.92 Å². The molecule has 0 spiro atoms. The zero-order valence-electron chi connectivity index (χ0n) is 9.84. The van der Waals surface area contributed by atoms with Gasteiger partial charge in [-0.15, -0.1) is 12.4 Å². The third-order valence-corrected chi connectivity index (χ3v) is 2.87. The molecule has 0 amide bonds. The minimum absolute atomic E-state index is 0. The second kappa shape index (κ2) is 7.25. The van der Waals surface area contributed by atoms with Gasteiger partial charge in [0.05, 0.1) is 0 Å². The Labute approximate surface area is 112 Å². The molecule has 0 fully saturated rings. The van der Waals surface area contributed by atoms with E-state index in [0.717, 1.165) is 23.1 Å². The fourth-order valence-corrected chi connectivity index (χ4v) is 2.10. The van der Waals surface area contributed by atoms with Gasteiger partial charge in [-0.1, -0.05) is 35.8 Å². The summed E-state index contributed by atoms with van der Waals surface area (Å²) in [4.78, 5) is 2.24. The molecule has 1 aromatic carbocycles. The van der Waals surface area contributed by atoms with E-state index in [9.17, 15) is 4.39 Å². The highest BCUT2D eigenvalue weighted by Crippen LogP contribution is 2.19. The normalized spacial score (nSPS) is 10.7. The Bertz CT molecular complexity index is 331. The highest BCUT2D eigenvalue weighted by atomic mass is 79.9. The van der Waals surface area contributed by atoms with Crippen LogP contribution in [0.4, 0.5) is 4.39 Å². The summed E-state index contributed by atoms with van der Waals surface area (Å²) < 4.78 is 13.7. The van der Waals surface area contributed by atoms with Crippen LogP contribution < -0.4 is 0 Å². The van der Waals surface area contributed by atoms with E-state index >= 15 is 0 Å². The molecule has 0 bridgehead atoms. The van der Waals surface area contributed by atoms with E-state index in [1.165, 1.54) is 12.1 Å². The third kappa shape index (κ3) is 5.28. The minimum Gasteiger partial charge on any atom is -0.302 e. The lowest BCUT2D eigenvalue weighted by molar-refractivity contribution is 0.288. The largest absolute Gasteiger partial charge is 0.302 e. The Hall–Kier alpha value is -0.120. The average molecular weight is 311 g/mol. The zero-order valence-corrected chi connectivity index (χ0v) is 12.2. The molecule has 1 rings (SSSR count). The maximum Gasteiger partial charge on any atom is 0.124 e. The van der Waals surface area contributed by atoms with E-state index < -0.39 is 0 Å². The van der Waals surface area contributed by atoms with Crippen LogP contribution in [0.3, 0.4) is 0 Å². The van der Waals surface area contributed by atoms with Gasteiger partial charge in [-0.25, -0.2) is 4.39 Å². The molecule has 1 aromatic rings. The lowest BCUT2D eigenvalue weighted by atomic mass is 10.1. The average Bonchev–Trinajstić information content (AvgIpc) is 2.08. The number of halogens is 3. The van der Waals surface area contributed by atoms with Crippen LogP contribution in [0.15, 0.2) is 22.7 Å². The summed E-state index contributed by atoms with van der Waals surface area (Å²) in [6.45, 7) is 6.27. The highest BCUT2D eigenvalue weighted by molar-refractivity contribution is 9.10. The molecule has 0 aliphatic heterocycles. The summed E-state index contributed by atoms with van der Waals surface area (Å²) >= 11 is 3.38. The van der Waals surface area contributed by atoms with Crippen molar-refractivity contribution in [3.05, 3.63) is 34.1 Å². The topological polar surface area (TPSA) is 3.24 Å². The summed E-state index contributed by atoms with van der Waals surface area (Å²) in [5.74, 6) is 0.450. The predicted molar refractivity (Wildman–Crippen MR) is 72.5 cm³/mol. The van der Waals surface area contributed by atoms with Crippen LogP contribution in [0.1, 0.15) is 19.4 Å². The Morgan fingerprint density at radius 3 is 2.50 bits per heavy atom. The zero-order chi connectivity index (χ0) is 11.4. The van der Waals surface area contributed by atoms with E-state index in [-0.39, 0.29) is 18.2 Å². The molecule has 0 unspecified atom stereocenters. The fraction of sp³-hybridized carbons (Fsp3) is 0.500. The molecule has 0 saturated carbocycles. The molecule has 0 saturated heterocycles. The Morgan fingerprint density at radius 2 is 2.00 bits per heavy atom. The molecule has 16 heavy (non-hydrogen) atoms. The van der Waals surface area contributed by atoms with Crippen molar-refractivity contribution >= 4 is 28.3 Å². The molecule has 1 nitrogen and oxygen atoms in total. The van der Waals surface area contributed by atoms with Gasteiger partial charge in [-0.05, 0) is 30.7 Å². The number of nitrogens with zero attached hydrogens (tertiary/aromatic N) is 1. The van der Waals surface area contributed by atoms with Gasteiger partial charge < -0.3 is 4.90 Å². The van der Waals surface area contributed by atoms with Crippen molar-refractivity contribution in [3.8, 4) is 0 Å². The van der Waals surface area contributed by atoms with Crippen molar-refractivity contribution < 1.29 is 4.39 Å². The van der Waals surface area contributed by atoms with Gasteiger partial charge in [-0.2, -0.15) is 0 Å². The summed E-state index contributed by atoms with van der Waals surface area (Å²) in [6, 6.07) is 4.85. The maximum atomic E-state index is 12.9. The molecule has 0 atom stereocenters. The standard InChI is InChI=1S/C12H17BrFN.ClH/c1-9(2)7-15(3)8-10-4-5-11(14)6-12(10)13;/h4-6,9H,7-8H2,1-3H3;1H. The summed E-state index contributed by atoms with van der Waals surface area (Å²) in [5, 5.41) is 0. The van der Waals surface area contributed by atoms with Gasteiger partial charge in [0.15, 0.2) is 0 Å². The molecule has 0 aromatic heterocycles. The molecule has 0 radical (unpaired) electrons. The molecule has 0 N–H and O–H groups in total. The number of hydrogen-bond donors (Lipinski definition) is 0. The summed E-state index contributed by atoms with van der Waals surface area (Å²) in [7, 11) is 2.08. The number of hydrogen-bond acceptors (Lipinski definition) is 1. The van der Waals surface area contributed by atoms with Gasteiger partial charge in [0.1, 0.15) is 5.82 Å². The number of rotatable bonds is 4. The third-order valence-electron chi connectivity index (χ3n) is 2.13. The minimum atomic E-state index is -0.197. The van der Waals surface area contributed by atoms with Crippen molar-refractivity contribution in [1.82, 2.24) is 4.90 Å². The number of benzene rings is 1. The quantitative estimate of drug-likeness (QED) is 0.809. The van der Waals surface area contributed by atoms with Crippen LogP contribution in [0.25, 0.3) is 0 Å². The first-order chi connectivity index (χ1) is 6.99. The fourth-order valence-electron chi connectivity index (χ4n) is 1.63. The van der Waals surface area contributed by atoms with E-state index in [2.05, 4.69) is 41.7 Å². The van der Waals surface area contributed by atoms with Gasteiger partial charge in [0.2, 0.25) is 0 Å². The second-order valence-electron chi connectivity index (χ2n) is 4.33. The van der Waals surface area contributed by atoms with Crippen molar-refractivity contribution in [1.29, 1.82) is 0 Å². The molecular formula is C12H18BrClFN. The molecule has 0 aliphatic carbocycles. The van der Waals surface area contributed by atoms with Crippen molar-refractivity contribution in [2.24, 2.45) is 5.92 Å².